The quantitative estimate of drug-likeness (QED) is 0.481. The predicted octanol–water partition coefficient (Wildman–Crippen LogP) is 5.00. The summed E-state index contributed by atoms with van der Waals surface area (Å²) in [6, 6.07) is 14.1. The third-order valence-corrected chi connectivity index (χ3v) is 5.52. The van der Waals surface area contributed by atoms with E-state index in [1.165, 1.54) is 4.90 Å². The zero-order chi connectivity index (χ0) is 28.7. The summed E-state index contributed by atoms with van der Waals surface area (Å²) < 4.78 is 5.46. The Labute approximate surface area is 227 Å². The molecule has 0 saturated heterocycles. The van der Waals surface area contributed by atoms with Crippen LogP contribution in [0.5, 0.6) is 0 Å². The smallest absolute Gasteiger partial charge is 0.408 e. The van der Waals surface area contributed by atoms with Crippen LogP contribution in [0.25, 0.3) is 0 Å². The molecule has 2 N–H and O–H groups in total. The highest BCUT2D eigenvalue weighted by Gasteiger charge is 2.39. The highest BCUT2D eigenvalue weighted by Crippen LogP contribution is 2.28. The van der Waals surface area contributed by atoms with Gasteiger partial charge >= 0.3 is 6.09 Å². The van der Waals surface area contributed by atoms with Crippen molar-refractivity contribution in [3.8, 4) is 12.3 Å². The van der Waals surface area contributed by atoms with Crippen LogP contribution < -0.4 is 10.6 Å². The van der Waals surface area contributed by atoms with Crippen molar-refractivity contribution in [2.45, 2.75) is 91.1 Å². The van der Waals surface area contributed by atoms with Gasteiger partial charge in [0, 0.05) is 23.6 Å². The van der Waals surface area contributed by atoms with Crippen molar-refractivity contribution in [3.63, 3.8) is 0 Å². The fourth-order valence-electron chi connectivity index (χ4n) is 4.08. The van der Waals surface area contributed by atoms with Gasteiger partial charge in [0.25, 0.3) is 0 Å². The molecule has 0 aromatic heterocycles. The number of carbonyl (C=O) groups is 3. The maximum atomic E-state index is 14.3. The molecule has 2 unspecified atom stereocenters. The molecule has 0 spiro atoms. The third-order valence-electron chi connectivity index (χ3n) is 5.52. The summed E-state index contributed by atoms with van der Waals surface area (Å²) >= 11 is 0. The molecule has 0 heterocycles. The number of amides is 3. The number of carbonyl (C=O) groups excluding carboxylic acids is 3. The fraction of sp³-hybridized carbons (Fsp3) is 0.452. The molecular weight excluding hydrogens is 478 g/mol. The Morgan fingerprint density at radius 2 is 1.53 bits per heavy atom. The molecule has 2 rings (SSSR count). The van der Waals surface area contributed by atoms with Crippen molar-refractivity contribution in [2.24, 2.45) is 0 Å². The second-order valence-corrected chi connectivity index (χ2v) is 11.6. The van der Waals surface area contributed by atoms with Crippen LogP contribution >= 0.6 is 0 Å². The molecule has 0 aliphatic heterocycles. The van der Waals surface area contributed by atoms with Gasteiger partial charge in [-0.15, -0.1) is 6.42 Å². The molecule has 3 amide bonds. The van der Waals surface area contributed by atoms with Gasteiger partial charge in [0.05, 0.1) is 0 Å². The van der Waals surface area contributed by atoms with Gasteiger partial charge in [0.2, 0.25) is 11.8 Å². The Morgan fingerprint density at radius 3 is 2.05 bits per heavy atom. The minimum absolute atomic E-state index is 0.215. The van der Waals surface area contributed by atoms with Gasteiger partial charge < -0.3 is 20.3 Å². The van der Waals surface area contributed by atoms with E-state index in [0.29, 0.717) is 11.1 Å². The van der Waals surface area contributed by atoms with Crippen molar-refractivity contribution in [2.75, 3.05) is 0 Å². The number of ether oxygens (including phenoxy) is 1. The zero-order valence-electron chi connectivity index (χ0n) is 23.8. The standard InChI is InChI=1S/C31H41N3O4/c1-10-23-18-14-15-19-24(23)26(27(35)33-30(4,5)6)34(21(2)3)28(36)25(20-22-16-12-11-13-17-22)32-29(37)38-31(7,8)9/h1,11-19,21,25-26H,20H2,2-9H3,(H,32,37)(H,33,35). The average Bonchev–Trinajstić information content (AvgIpc) is 2.79. The maximum absolute atomic E-state index is 14.3. The first kappa shape index (κ1) is 30.4. The van der Waals surface area contributed by atoms with Crippen LogP contribution in [0.15, 0.2) is 54.6 Å². The normalized spacial score (nSPS) is 13.2. The molecule has 7 nitrogen and oxygen atoms in total. The lowest BCUT2D eigenvalue weighted by Gasteiger charge is -2.38. The first-order chi connectivity index (χ1) is 17.6. The van der Waals surface area contributed by atoms with Crippen LogP contribution in [0.1, 0.15) is 78.1 Å². The summed E-state index contributed by atoms with van der Waals surface area (Å²) in [5.74, 6) is 1.86. The molecule has 2 aromatic carbocycles. The van der Waals surface area contributed by atoms with Crippen molar-refractivity contribution in [1.82, 2.24) is 15.5 Å². The van der Waals surface area contributed by atoms with Crippen LogP contribution in [0.2, 0.25) is 0 Å². The van der Waals surface area contributed by atoms with Crippen LogP contribution in [0, 0.1) is 12.3 Å². The summed E-state index contributed by atoms with van der Waals surface area (Å²) in [7, 11) is 0. The number of nitrogens with zero attached hydrogens (tertiary/aromatic N) is 1. The summed E-state index contributed by atoms with van der Waals surface area (Å²) in [5.41, 5.74) is 0.604. The lowest BCUT2D eigenvalue weighted by Crippen LogP contribution is -2.57. The molecule has 0 aliphatic rings. The lowest BCUT2D eigenvalue weighted by atomic mass is 9.94. The Balaban J connectivity index is 2.61. The molecular formula is C31H41N3O4. The summed E-state index contributed by atoms with van der Waals surface area (Å²) in [6.45, 7) is 14.6. The van der Waals surface area contributed by atoms with Gasteiger partial charge in [-0.3, -0.25) is 9.59 Å². The number of benzene rings is 2. The van der Waals surface area contributed by atoms with E-state index in [1.54, 1.807) is 45.0 Å². The number of rotatable bonds is 8. The Hall–Kier alpha value is -3.79. The van der Waals surface area contributed by atoms with E-state index in [0.717, 1.165) is 5.56 Å². The average molecular weight is 520 g/mol. The number of hydrogen-bond donors (Lipinski definition) is 2. The molecule has 0 radical (unpaired) electrons. The number of hydrogen-bond acceptors (Lipinski definition) is 4. The maximum Gasteiger partial charge on any atom is 0.408 e. The molecule has 7 heteroatoms. The van der Waals surface area contributed by atoms with E-state index >= 15 is 0 Å². The highest BCUT2D eigenvalue weighted by atomic mass is 16.6. The van der Waals surface area contributed by atoms with E-state index in [2.05, 4.69) is 16.6 Å². The number of terminal acetylenes is 1. The van der Waals surface area contributed by atoms with Crippen LogP contribution in [-0.4, -0.2) is 46.0 Å². The van der Waals surface area contributed by atoms with Gasteiger partial charge in [-0.2, -0.15) is 0 Å². The Morgan fingerprint density at radius 1 is 0.947 bits per heavy atom. The molecule has 0 saturated carbocycles. The SMILES string of the molecule is C#Cc1ccccc1C(C(=O)NC(C)(C)C)N(C(=O)C(Cc1ccccc1)NC(=O)OC(C)(C)C)C(C)C. The Bertz CT molecular complexity index is 1150. The minimum Gasteiger partial charge on any atom is -0.444 e. The van der Waals surface area contributed by atoms with E-state index < -0.39 is 41.3 Å². The largest absolute Gasteiger partial charge is 0.444 e. The third kappa shape index (κ3) is 8.95. The van der Waals surface area contributed by atoms with Crippen molar-refractivity contribution >= 4 is 17.9 Å². The van der Waals surface area contributed by atoms with E-state index in [1.807, 2.05) is 65.0 Å². The number of nitrogens with one attached hydrogen (secondary N) is 2. The zero-order valence-corrected chi connectivity index (χ0v) is 23.8. The van der Waals surface area contributed by atoms with Gasteiger partial charge in [0.15, 0.2) is 0 Å². The van der Waals surface area contributed by atoms with Crippen LogP contribution in [0.3, 0.4) is 0 Å². The molecule has 2 aromatic rings. The second-order valence-electron chi connectivity index (χ2n) is 11.6. The van der Waals surface area contributed by atoms with Gasteiger partial charge in [0.1, 0.15) is 17.7 Å². The first-order valence-electron chi connectivity index (χ1n) is 12.9. The van der Waals surface area contributed by atoms with Crippen molar-refractivity contribution in [1.29, 1.82) is 0 Å². The molecule has 0 aliphatic carbocycles. The minimum atomic E-state index is -1.02. The van der Waals surface area contributed by atoms with Crippen LogP contribution in [0.4, 0.5) is 4.79 Å². The molecule has 2 atom stereocenters. The Kier molecular flexibility index (Phi) is 10.1. The van der Waals surface area contributed by atoms with Crippen LogP contribution in [-0.2, 0) is 20.7 Å². The molecule has 0 fully saturated rings. The van der Waals surface area contributed by atoms with E-state index in [9.17, 15) is 14.4 Å². The monoisotopic (exact) mass is 519 g/mol. The molecule has 204 valence electrons. The number of alkyl carbamates (subject to hydrolysis) is 1. The lowest BCUT2D eigenvalue weighted by molar-refractivity contribution is -0.145. The van der Waals surface area contributed by atoms with Crippen molar-refractivity contribution in [3.05, 3.63) is 71.3 Å². The fourth-order valence-corrected chi connectivity index (χ4v) is 4.08. The summed E-state index contributed by atoms with van der Waals surface area (Å²) in [5, 5.41) is 5.76. The van der Waals surface area contributed by atoms with Gasteiger partial charge in [-0.25, -0.2) is 4.79 Å². The molecule has 0 bridgehead atoms. The topological polar surface area (TPSA) is 87.7 Å². The summed E-state index contributed by atoms with van der Waals surface area (Å²) in [4.78, 5) is 42.4. The predicted molar refractivity (Wildman–Crippen MR) is 150 cm³/mol. The molecule has 38 heavy (non-hydrogen) atoms. The summed E-state index contributed by atoms with van der Waals surface area (Å²) in [6.07, 6.45) is 5.30. The van der Waals surface area contributed by atoms with E-state index in [-0.39, 0.29) is 12.3 Å². The van der Waals surface area contributed by atoms with Crippen molar-refractivity contribution < 1.29 is 19.1 Å². The second kappa shape index (κ2) is 12.6. The van der Waals surface area contributed by atoms with Gasteiger partial charge in [-0.05, 0) is 72.6 Å². The highest BCUT2D eigenvalue weighted by molar-refractivity contribution is 5.93. The van der Waals surface area contributed by atoms with E-state index in [4.69, 9.17) is 11.2 Å². The first-order valence-corrected chi connectivity index (χ1v) is 12.9. The van der Waals surface area contributed by atoms with Gasteiger partial charge in [-0.1, -0.05) is 54.5 Å².